The molecule has 2 aromatic carbocycles. The number of benzene rings is 2. The fourth-order valence-corrected chi connectivity index (χ4v) is 2.38. The number of rotatable bonds is 3. The van der Waals surface area contributed by atoms with Crippen LogP contribution in [0.25, 0.3) is 22.4 Å². The molecule has 2 N–H and O–H groups in total. The lowest BCUT2D eigenvalue weighted by molar-refractivity contribution is 0.0959. The Labute approximate surface area is 123 Å². The topological polar surface area (TPSA) is 44.9 Å². The second kappa shape index (κ2) is 5.67. The van der Waals surface area contributed by atoms with Gasteiger partial charge in [0.15, 0.2) is 0 Å². The molecule has 3 heteroatoms. The predicted molar refractivity (Wildman–Crippen MR) is 85.1 cm³/mol. The van der Waals surface area contributed by atoms with E-state index >= 15 is 0 Å². The van der Waals surface area contributed by atoms with Crippen molar-refractivity contribution in [3.05, 3.63) is 72.4 Å². The van der Waals surface area contributed by atoms with Gasteiger partial charge in [0.2, 0.25) is 0 Å². The number of H-pyrrole nitrogens is 1. The van der Waals surface area contributed by atoms with E-state index in [9.17, 15) is 4.79 Å². The molecule has 3 nitrogen and oxygen atoms in total. The molecule has 0 bridgehead atoms. The van der Waals surface area contributed by atoms with Crippen LogP contribution >= 0.6 is 0 Å². The molecule has 0 aliphatic rings. The smallest absolute Gasteiger partial charge is 0.268 e. The zero-order valence-corrected chi connectivity index (χ0v) is 11.8. The molecular weight excluding hydrogens is 260 g/mol. The molecular formula is C18H16N2O. The number of carbonyl (C=O) groups excluding carboxylic acids is 1. The maximum Gasteiger partial charge on any atom is 0.268 e. The monoisotopic (exact) mass is 276 g/mol. The number of nitrogens with one attached hydrogen (secondary N) is 2. The Hall–Kier alpha value is -2.81. The van der Waals surface area contributed by atoms with Crippen LogP contribution in [0, 0.1) is 0 Å². The molecule has 21 heavy (non-hydrogen) atoms. The first-order chi connectivity index (χ1) is 10.3. The van der Waals surface area contributed by atoms with Gasteiger partial charge in [-0.25, -0.2) is 0 Å². The maximum absolute atomic E-state index is 12.1. The average Bonchev–Trinajstić information content (AvgIpc) is 3.01. The molecule has 1 heterocycles. The summed E-state index contributed by atoms with van der Waals surface area (Å²) in [5.41, 5.74) is 4.52. The molecule has 0 spiro atoms. The molecule has 0 atom stereocenters. The number of aromatic amines is 1. The Morgan fingerprint density at radius 1 is 0.905 bits per heavy atom. The Bertz CT molecular complexity index is 745. The molecule has 1 amide bonds. The molecule has 0 saturated heterocycles. The van der Waals surface area contributed by atoms with Crippen LogP contribution in [0.1, 0.15) is 10.5 Å². The number of hydrogen-bond donors (Lipinski definition) is 2. The lowest BCUT2D eigenvalue weighted by Gasteiger charge is -2.02. The van der Waals surface area contributed by atoms with E-state index < -0.39 is 0 Å². The maximum atomic E-state index is 12.1. The second-order valence-corrected chi connectivity index (χ2v) is 4.78. The highest BCUT2D eigenvalue weighted by atomic mass is 16.1. The lowest BCUT2D eigenvalue weighted by atomic mass is 10.0. The third-order valence-electron chi connectivity index (χ3n) is 3.44. The molecule has 0 fully saturated rings. The van der Waals surface area contributed by atoms with Crippen LogP contribution in [0.15, 0.2) is 66.7 Å². The van der Waals surface area contributed by atoms with Crippen LogP contribution in [0.5, 0.6) is 0 Å². The minimum Gasteiger partial charge on any atom is -0.354 e. The normalized spacial score (nSPS) is 10.3. The van der Waals surface area contributed by atoms with E-state index in [-0.39, 0.29) is 5.91 Å². The fraction of sp³-hybridized carbons (Fsp3) is 0.0556. The van der Waals surface area contributed by atoms with Crippen LogP contribution in [0.2, 0.25) is 0 Å². The van der Waals surface area contributed by atoms with Crippen molar-refractivity contribution in [2.24, 2.45) is 0 Å². The van der Waals surface area contributed by atoms with E-state index in [1.165, 1.54) is 0 Å². The SMILES string of the molecule is CNC(=O)c1[nH]c(-c2ccccc2)cc1-c1ccccc1. The molecule has 0 saturated carbocycles. The molecule has 3 rings (SSSR count). The minimum absolute atomic E-state index is 0.115. The van der Waals surface area contributed by atoms with Gasteiger partial charge in [0.25, 0.3) is 5.91 Å². The van der Waals surface area contributed by atoms with Crippen molar-refractivity contribution in [1.82, 2.24) is 10.3 Å². The minimum atomic E-state index is -0.115. The van der Waals surface area contributed by atoms with Crippen LogP contribution in [-0.4, -0.2) is 17.9 Å². The predicted octanol–water partition coefficient (Wildman–Crippen LogP) is 3.71. The number of hydrogen-bond acceptors (Lipinski definition) is 1. The first kappa shape index (κ1) is 13.2. The van der Waals surface area contributed by atoms with Crippen LogP contribution < -0.4 is 5.32 Å². The molecule has 3 aromatic rings. The number of carbonyl (C=O) groups is 1. The quantitative estimate of drug-likeness (QED) is 0.752. The van der Waals surface area contributed by atoms with Gasteiger partial charge in [-0.05, 0) is 17.2 Å². The highest BCUT2D eigenvalue weighted by Crippen LogP contribution is 2.29. The van der Waals surface area contributed by atoms with Gasteiger partial charge >= 0.3 is 0 Å². The van der Waals surface area contributed by atoms with Gasteiger partial charge in [-0.2, -0.15) is 0 Å². The van der Waals surface area contributed by atoms with Crippen LogP contribution in [0.3, 0.4) is 0 Å². The number of aromatic nitrogens is 1. The van der Waals surface area contributed by atoms with Gasteiger partial charge in [0.1, 0.15) is 5.69 Å². The summed E-state index contributed by atoms with van der Waals surface area (Å²) in [5.74, 6) is -0.115. The average molecular weight is 276 g/mol. The van der Waals surface area contributed by atoms with Gasteiger partial charge in [-0.3, -0.25) is 4.79 Å². The van der Waals surface area contributed by atoms with E-state index in [2.05, 4.69) is 10.3 Å². The molecule has 0 aliphatic carbocycles. The summed E-state index contributed by atoms with van der Waals surface area (Å²) >= 11 is 0. The molecule has 0 unspecified atom stereocenters. The van der Waals surface area contributed by atoms with Gasteiger partial charge in [0, 0.05) is 18.3 Å². The highest BCUT2D eigenvalue weighted by molar-refractivity contribution is 6.00. The highest BCUT2D eigenvalue weighted by Gasteiger charge is 2.16. The first-order valence-corrected chi connectivity index (χ1v) is 6.85. The third kappa shape index (κ3) is 2.58. The fourth-order valence-electron chi connectivity index (χ4n) is 2.38. The van der Waals surface area contributed by atoms with E-state index in [1.807, 2.05) is 66.7 Å². The molecule has 0 aliphatic heterocycles. The number of amides is 1. The summed E-state index contributed by atoms with van der Waals surface area (Å²) in [6.07, 6.45) is 0. The Morgan fingerprint density at radius 3 is 2.05 bits per heavy atom. The van der Waals surface area contributed by atoms with Gasteiger partial charge in [-0.15, -0.1) is 0 Å². The van der Waals surface area contributed by atoms with Crippen molar-refractivity contribution in [3.63, 3.8) is 0 Å². The van der Waals surface area contributed by atoms with Gasteiger partial charge < -0.3 is 10.3 Å². The Balaban J connectivity index is 2.14. The summed E-state index contributed by atoms with van der Waals surface area (Å²) in [6, 6.07) is 21.9. The van der Waals surface area contributed by atoms with Crippen molar-refractivity contribution in [1.29, 1.82) is 0 Å². The lowest BCUT2D eigenvalue weighted by Crippen LogP contribution is -2.18. The van der Waals surface area contributed by atoms with Crippen LogP contribution in [0.4, 0.5) is 0 Å². The molecule has 0 radical (unpaired) electrons. The van der Waals surface area contributed by atoms with E-state index in [1.54, 1.807) is 7.05 Å². The second-order valence-electron chi connectivity index (χ2n) is 4.78. The van der Waals surface area contributed by atoms with Crippen molar-refractivity contribution in [2.75, 3.05) is 7.05 Å². The van der Waals surface area contributed by atoms with Gasteiger partial charge in [0.05, 0.1) is 0 Å². The van der Waals surface area contributed by atoms with E-state index in [4.69, 9.17) is 0 Å². The van der Waals surface area contributed by atoms with Crippen LogP contribution in [-0.2, 0) is 0 Å². The summed E-state index contributed by atoms with van der Waals surface area (Å²) in [7, 11) is 1.64. The summed E-state index contributed by atoms with van der Waals surface area (Å²) in [5, 5.41) is 2.69. The molecule has 104 valence electrons. The summed E-state index contributed by atoms with van der Waals surface area (Å²) in [4.78, 5) is 15.3. The van der Waals surface area contributed by atoms with Crippen molar-refractivity contribution in [3.8, 4) is 22.4 Å². The van der Waals surface area contributed by atoms with E-state index in [0.29, 0.717) is 5.69 Å². The largest absolute Gasteiger partial charge is 0.354 e. The van der Waals surface area contributed by atoms with Crippen molar-refractivity contribution in [2.45, 2.75) is 0 Å². The first-order valence-electron chi connectivity index (χ1n) is 6.85. The summed E-state index contributed by atoms with van der Waals surface area (Å²) in [6.45, 7) is 0. The molecule has 1 aromatic heterocycles. The Kier molecular flexibility index (Phi) is 3.56. The Morgan fingerprint density at radius 2 is 1.48 bits per heavy atom. The zero-order valence-electron chi connectivity index (χ0n) is 11.8. The van der Waals surface area contributed by atoms with Crippen molar-refractivity contribution >= 4 is 5.91 Å². The van der Waals surface area contributed by atoms with Gasteiger partial charge in [-0.1, -0.05) is 60.7 Å². The summed E-state index contributed by atoms with van der Waals surface area (Å²) < 4.78 is 0. The van der Waals surface area contributed by atoms with Crippen molar-refractivity contribution < 1.29 is 4.79 Å². The standard InChI is InChI=1S/C18H16N2O/c1-19-18(21)17-15(13-8-4-2-5-9-13)12-16(20-17)14-10-6-3-7-11-14/h2-12,20H,1H3,(H,19,21). The zero-order chi connectivity index (χ0) is 14.7. The van der Waals surface area contributed by atoms with E-state index in [0.717, 1.165) is 22.4 Å². The third-order valence-corrected chi connectivity index (χ3v) is 3.44.